The van der Waals surface area contributed by atoms with Crippen molar-refractivity contribution in [1.29, 1.82) is 0 Å². The molecule has 0 atom stereocenters. The first-order chi connectivity index (χ1) is 12.4. The predicted octanol–water partition coefficient (Wildman–Crippen LogP) is 4.56. The highest BCUT2D eigenvalue weighted by atomic mass is 79.9. The third kappa shape index (κ3) is 3.66. The van der Waals surface area contributed by atoms with Crippen molar-refractivity contribution in [2.24, 2.45) is 0 Å². The van der Waals surface area contributed by atoms with E-state index in [1.165, 1.54) is 18.2 Å². The minimum Gasteiger partial charge on any atom is -0.361 e. The van der Waals surface area contributed by atoms with Crippen molar-refractivity contribution in [2.75, 3.05) is 11.9 Å². The maximum Gasteiger partial charge on any atom is 0.281 e. The van der Waals surface area contributed by atoms with Gasteiger partial charge in [0.2, 0.25) is 0 Å². The lowest BCUT2D eigenvalue weighted by molar-refractivity contribution is -0.385. The van der Waals surface area contributed by atoms with Gasteiger partial charge in [0.25, 0.3) is 5.69 Å². The minimum atomic E-state index is -0.627. The highest BCUT2D eigenvalue weighted by Crippen LogP contribution is 2.27. The monoisotopic (exact) mass is 434 g/mol. The molecular weight excluding hydrogens is 424 g/mol. The fourth-order valence-electron chi connectivity index (χ4n) is 2.48. The summed E-state index contributed by atoms with van der Waals surface area (Å²) in [7, 11) is 0. The van der Waals surface area contributed by atoms with Crippen LogP contribution in [0.1, 0.15) is 16.1 Å². The lowest BCUT2D eigenvalue weighted by Crippen LogP contribution is -2.17. The molecule has 9 heteroatoms. The van der Waals surface area contributed by atoms with Crippen LogP contribution in [0.3, 0.4) is 0 Å². The smallest absolute Gasteiger partial charge is 0.281 e. The van der Waals surface area contributed by atoms with E-state index in [1.807, 2.05) is 12.1 Å². The van der Waals surface area contributed by atoms with E-state index in [0.717, 1.165) is 9.99 Å². The Hall–Kier alpha value is -2.58. The third-order valence-electron chi connectivity index (χ3n) is 3.68. The zero-order valence-corrected chi connectivity index (χ0v) is 15.8. The van der Waals surface area contributed by atoms with Crippen molar-refractivity contribution in [1.82, 2.24) is 9.97 Å². The molecule has 0 unspecified atom stereocenters. The molecule has 0 aliphatic rings. The molecule has 0 bridgehead atoms. The molecule has 3 rings (SSSR count). The summed E-state index contributed by atoms with van der Waals surface area (Å²) in [5, 5.41) is 14.1. The minimum absolute atomic E-state index is 0.0390. The average Bonchev–Trinajstić information content (AvgIpc) is 2.59. The number of rotatable bonds is 5. The summed E-state index contributed by atoms with van der Waals surface area (Å²) in [6, 6.07) is 9.62. The molecule has 2 aromatic carbocycles. The summed E-state index contributed by atoms with van der Waals surface area (Å²) in [5.41, 5.74) is 1.54. The second-order valence-corrected chi connectivity index (χ2v) is 6.78. The summed E-state index contributed by atoms with van der Waals surface area (Å²) in [4.78, 5) is 31.9. The number of ketones is 1. The maximum atomic E-state index is 12.5. The number of hydrogen-bond donors (Lipinski definition) is 1. The number of nitro groups is 1. The van der Waals surface area contributed by atoms with Crippen LogP contribution in [0.2, 0.25) is 5.02 Å². The Balaban J connectivity index is 1.87. The molecule has 3 aromatic rings. The number of aryl methyl sites for hydroxylation is 1. The van der Waals surface area contributed by atoms with Crippen molar-refractivity contribution in [2.45, 2.75) is 6.92 Å². The molecule has 0 aliphatic carbocycles. The molecule has 26 heavy (non-hydrogen) atoms. The molecule has 0 aliphatic heterocycles. The standard InChI is InChI=1S/C17H12BrClN4O3/c1-9-17(22-12-6-5-10(18)7-13(12)21-9)20-8-15(24)16-11(19)3-2-4-14(16)23(25)26/h2-7H,8H2,1H3,(H,20,22). The van der Waals surface area contributed by atoms with E-state index in [9.17, 15) is 14.9 Å². The molecule has 0 amide bonds. The Labute approximate surface area is 161 Å². The van der Waals surface area contributed by atoms with Gasteiger partial charge in [-0.3, -0.25) is 14.9 Å². The molecule has 132 valence electrons. The second-order valence-electron chi connectivity index (χ2n) is 5.46. The lowest BCUT2D eigenvalue weighted by atomic mass is 10.1. The van der Waals surface area contributed by atoms with E-state index in [2.05, 4.69) is 31.2 Å². The summed E-state index contributed by atoms with van der Waals surface area (Å²) in [5.74, 6) is -0.0673. The maximum absolute atomic E-state index is 12.5. The van der Waals surface area contributed by atoms with Gasteiger partial charge in [0.15, 0.2) is 5.78 Å². The van der Waals surface area contributed by atoms with Gasteiger partial charge in [0, 0.05) is 10.5 Å². The largest absolute Gasteiger partial charge is 0.361 e. The molecule has 7 nitrogen and oxygen atoms in total. The number of carbonyl (C=O) groups excluding carboxylic acids is 1. The highest BCUT2D eigenvalue weighted by molar-refractivity contribution is 9.10. The zero-order valence-electron chi connectivity index (χ0n) is 13.5. The van der Waals surface area contributed by atoms with Crippen LogP contribution in [0, 0.1) is 17.0 Å². The number of nitrogens with zero attached hydrogens (tertiary/aromatic N) is 3. The summed E-state index contributed by atoms with van der Waals surface area (Å²) < 4.78 is 0.889. The number of fused-ring (bicyclic) bond motifs is 1. The van der Waals surface area contributed by atoms with E-state index in [4.69, 9.17) is 11.6 Å². The fourth-order valence-corrected chi connectivity index (χ4v) is 3.10. The predicted molar refractivity (Wildman–Crippen MR) is 103 cm³/mol. The van der Waals surface area contributed by atoms with E-state index in [1.54, 1.807) is 13.0 Å². The molecule has 0 saturated carbocycles. The number of Topliss-reactive ketones (excluding diaryl/α,β-unsaturated/α-hetero) is 1. The Kier molecular flexibility index (Phi) is 5.15. The van der Waals surface area contributed by atoms with Crippen LogP contribution < -0.4 is 5.32 Å². The van der Waals surface area contributed by atoms with Gasteiger partial charge < -0.3 is 5.32 Å². The molecule has 1 N–H and O–H groups in total. The number of anilines is 1. The van der Waals surface area contributed by atoms with Crippen LogP contribution >= 0.6 is 27.5 Å². The van der Waals surface area contributed by atoms with Gasteiger partial charge in [-0.15, -0.1) is 0 Å². The topological polar surface area (TPSA) is 98.0 Å². The number of nitro benzene ring substituents is 1. The fraction of sp³-hybridized carbons (Fsp3) is 0.118. The molecule has 0 radical (unpaired) electrons. The first-order valence-corrected chi connectivity index (χ1v) is 8.68. The van der Waals surface area contributed by atoms with Crippen molar-refractivity contribution >= 4 is 55.9 Å². The quantitative estimate of drug-likeness (QED) is 0.358. The Bertz CT molecular complexity index is 1040. The van der Waals surface area contributed by atoms with Crippen LogP contribution in [-0.4, -0.2) is 27.2 Å². The van der Waals surface area contributed by atoms with Gasteiger partial charge in [-0.2, -0.15) is 0 Å². The van der Waals surface area contributed by atoms with Crippen LogP contribution in [0.15, 0.2) is 40.9 Å². The summed E-state index contributed by atoms with van der Waals surface area (Å²) in [6.07, 6.45) is 0. The van der Waals surface area contributed by atoms with Crippen molar-refractivity contribution in [3.8, 4) is 0 Å². The van der Waals surface area contributed by atoms with E-state index in [0.29, 0.717) is 17.0 Å². The van der Waals surface area contributed by atoms with Gasteiger partial charge in [-0.25, -0.2) is 9.97 Å². The number of hydrogen-bond acceptors (Lipinski definition) is 6. The number of benzene rings is 2. The van der Waals surface area contributed by atoms with E-state index < -0.39 is 10.7 Å². The third-order valence-corrected chi connectivity index (χ3v) is 4.49. The van der Waals surface area contributed by atoms with Gasteiger partial charge in [-0.05, 0) is 31.2 Å². The van der Waals surface area contributed by atoms with Crippen molar-refractivity contribution < 1.29 is 9.72 Å². The number of aromatic nitrogens is 2. The summed E-state index contributed by atoms with van der Waals surface area (Å²) >= 11 is 9.37. The van der Waals surface area contributed by atoms with Crippen LogP contribution in [0.4, 0.5) is 11.5 Å². The zero-order chi connectivity index (χ0) is 18.8. The SMILES string of the molecule is Cc1nc2cc(Br)ccc2nc1NCC(=O)c1c(Cl)cccc1[N+](=O)[O-]. The van der Waals surface area contributed by atoms with Crippen molar-refractivity contribution in [3.05, 3.63) is 67.3 Å². The second kappa shape index (κ2) is 7.35. The van der Waals surface area contributed by atoms with E-state index >= 15 is 0 Å². The lowest BCUT2D eigenvalue weighted by Gasteiger charge is -2.10. The number of nitrogens with one attached hydrogen (secondary N) is 1. The molecular formula is C17H12BrClN4O3. The molecule has 0 saturated heterocycles. The van der Waals surface area contributed by atoms with Gasteiger partial charge in [-0.1, -0.05) is 33.6 Å². The van der Waals surface area contributed by atoms with Crippen LogP contribution in [0.25, 0.3) is 11.0 Å². The van der Waals surface area contributed by atoms with Gasteiger partial charge in [0.1, 0.15) is 11.4 Å². The molecule has 0 spiro atoms. The summed E-state index contributed by atoms with van der Waals surface area (Å²) in [6.45, 7) is 1.57. The van der Waals surface area contributed by atoms with Crippen LogP contribution in [0.5, 0.6) is 0 Å². The van der Waals surface area contributed by atoms with Gasteiger partial charge >= 0.3 is 0 Å². The Morgan fingerprint density at radius 1 is 1.27 bits per heavy atom. The molecule has 0 fully saturated rings. The van der Waals surface area contributed by atoms with Gasteiger partial charge in [0.05, 0.1) is 33.2 Å². The van der Waals surface area contributed by atoms with Crippen LogP contribution in [-0.2, 0) is 0 Å². The first kappa shape index (κ1) is 18.2. The number of halogens is 2. The number of carbonyl (C=O) groups is 1. The normalized spacial score (nSPS) is 10.7. The average molecular weight is 436 g/mol. The van der Waals surface area contributed by atoms with Crippen molar-refractivity contribution in [3.63, 3.8) is 0 Å². The first-order valence-electron chi connectivity index (χ1n) is 7.50. The Morgan fingerprint density at radius 3 is 2.77 bits per heavy atom. The molecule has 1 heterocycles. The highest BCUT2D eigenvalue weighted by Gasteiger charge is 2.23. The Morgan fingerprint density at radius 2 is 2.04 bits per heavy atom. The van der Waals surface area contributed by atoms with E-state index in [-0.39, 0.29) is 22.8 Å². The molecule has 1 aromatic heterocycles.